The van der Waals surface area contributed by atoms with Crippen LogP contribution < -0.4 is 4.90 Å². The molecule has 0 bridgehead atoms. The molecular weight excluding hydrogens is 218 g/mol. The average Bonchev–Trinajstić information content (AvgIpc) is 2.39. The number of hydrogen-bond donors (Lipinski definition) is 0. The zero-order valence-electron chi connectivity index (χ0n) is 12.6. The fraction of sp³-hybridized carbons (Fsp3) is 0.647. The maximum Gasteiger partial charge on any atom is 0.0368 e. The molecule has 1 unspecified atom stereocenters. The van der Waals surface area contributed by atoms with Gasteiger partial charge in [-0.25, -0.2) is 0 Å². The van der Waals surface area contributed by atoms with Crippen LogP contribution in [0.5, 0.6) is 0 Å². The van der Waals surface area contributed by atoms with Crippen LogP contribution in [0.2, 0.25) is 0 Å². The second kappa shape index (κ2) is 8.18. The number of anilines is 1. The molecule has 18 heavy (non-hydrogen) atoms. The van der Waals surface area contributed by atoms with E-state index in [1.165, 1.54) is 43.5 Å². The Hall–Kier alpha value is -0.980. The third-order valence-electron chi connectivity index (χ3n) is 3.77. The summed E-state index contributed by atoms with van der Waals surface area (Å²) in [5.41, 5.74) is 2.74. The number of unbranched alkanes of at least 4 members (excludes halogenated alkanes) is 1. The Kier molecular flexibility index (Phi) is 6.85. The first kappa shape index (κ1) is 15.1. The predicted octanol–water partition coefficient (Wildman–Crippen LogP) is 5.04. The van der Waals surface area contributed by atoms with Crippen molar-refractivity contribution >= 4 is 5.69 Å². The molecule has 1 nitrogen and oxygen atoms in total. The minimum atomic E-state index is 0.838. The molecule has 0 radical (unpaired) electrons. The molecular formula is C17H29N. The van der Waals surface area contributed by atoms with E-state index in [2.05, 4.69) is 56.9 Å². The summed E-state index contributed by atoms with van der Waals surface area (Å²) in [5, 5.41) is 0. The Bertz CT molecular complexity index is 332. The van der Waals surface area contributed by atoms with Crippen molar-refractivity contribution in [1.29, 1.82) is 0 Å². The Balaban J connectivity index is 2.65. The van der Waals surface area contributed by atoms with Gasteiger partial charge in [0.15, 0.2) is 0 Å². The first-order chi connectivity index (χ1) is 8.71. The highest BCUT2D eigenvalue weighted by Crippen LogP contribution is 2.20. The highest BCUT2D eigenvalue weighted by Gasteiger charge is 2.11. The van der Waals surface area contributed by atoms with E-state index in [1.54, 1.807) is 0 Å². The van der Waals surface area contributed by atoms with Gasteiger partial charge in [0.05, 0.1) is 0 Å². The van der Waals surface area contributed by atoms with Crippen molar-refractivity contribution in [3.05, 3.63) is 29.8 Å². The summed E-state index contributed by atoms with van der Waals surface area (Å²) in [4.78, 5) is 2.52. The number of aryl methyl sites for hydroxylation is 1. The summed E-state index contributed by atoms with van der Waals surface area (Å²) in [6, 6.07) is 8.88. The van der Waals surface area contributed by atoms with Crippen LogP contribution in [0.4, 0.5) is 5.69 Å². The van der Waals surface area contributed by atoms with Crippen LogP contribution in [0.25, 0.3) is 0 Å². The number of nitrogens with zero attached hydrogens (tertiary/aromatic N) is 1. The maximum absolute atomic E-state index is 2.52. The second-order valence-electron chi connectivity index (χ2n) is 5.29. The van der Waals surface area contributed by atoms with E-state index in [0.29, 0.717) is 0 Å². The minimum Gasteiger partial charge on any atom is -0.372 e. The monoisotopic (exact) mass is 247 g/mol. The summed E-state index contributed by atoms with van der Waals surface area (Å²) in [7, 11) is 0. The third-order valence-corrected chi connectivity index (χ3v) is 3.77. The second-order valence-corrected chi connectivity index (χ2v) is 5.29. The molecule has 0 saturated carbocycles. The van der Waals surface area contributed by atoms with Gasteiger partial charge in [-0.3, -0.25) is 0 Å². The molecule has 0 spiro atoms. The van der Waals surface area contributed by atoms with Crippen LogP contribution in [0.15, 0.2) is 24.3 Å². The highest BCUT2D eigenvalue weighted by molar-refractivity contribution is 5.48. The van der Waals surface area contributed by atoms with Crippen LogP contribution in [-0.4, -0.2) is 13.1 Å². The lowest BCUT2D eigenvalue weighted by Gasteiger charge is -2.28. The molecule has 1 rings (SSSR count). The summed E-state index contributed by atoms with van der Waals surface area (Å²) >= 11 is 0. The Morgan fingerprint density at radius 1 is 1.17 bits per heavy atom. The summed E-state index contributed by atoms with van der Waals surface area (Å²) in [5.74, 6) is 0.838. The Morgan fingerprint density at radius 2 is 1.94 bits per heavy atom. The van der Waals surface area contributed by atoms with Gasteiger partial charge in [-0.05, 0) is 43.9 Å². The van der Waals surface area contributed by atoms with Crippen molar-refractivity contribution < 1.29 is 0 Å². The van der Waals surface area contributed by atoms with Crippen LogP contribution in [0.3, 0.4) is 0 Å². The van der Waals surface area contributed by atoms with Crippen LogP contribution in [-0.2, 0) is 0 Å². The lowest BCUT2D eigenvalue weighted by molar-refractivity contribution is 0.448. The zero-order chi connectivity index (χ0) is 13.4. The van der Waals surface area contributed by atoms with Gasteiger partial charge in [-0.15, -0.1) is 0 Å². The zero-order valence-corrected chi connectivity index (χ0v) is 12.6. The van der Waals surface area contributed by atoms with E-state index in [4.69, 9.17) is 0 Å². The molecule has 1 aromatic rings. The maximum atomic E-state index is 2.52. The fourth-order valence-electron chi connectivity index (χ4n) is 2.47. The van der Waals surface area contributed by atoms with Crippen LogP contribution in [0, 0.1) is 12.8 Å². The van der Waals surface area contributed by atoms with Crippen molar-refractivity contribution in [1.82, 2.24) is 0 Å². The fourth-order valence-corrected chi connectivity index (χ4v) is 2.47. The molecule has 0 aliphatic rings. The van der Waals surface area contributed by atoms with E-state index in [1.807, 2.05) is 0 Å². The van der Waals surface area contributed by atoms with Crippen molar-refractivity contribution in [2.24, 2.45) is 5.92 Å². The van der Waals surface area contributed by atoms with E-state index in [9.17, 15) is 0 Å². The number of hydrogen-bond acceptors (Lipinski definition) is 1. The quantitative estimate of drug-likeness (QED) is 0.622. The first-order valence-electron chi connectivity index (χ1n) is 7.52. The largest absolute Gasteiger partial charge is 0.372 e. The van der Waals surface area contributed by atoms with Gasteiger partial charge in [0, 0.05) is 18.8 Å². The molecule has 0 aliphatic carbocycles. The molecule has 0 amide bonds. The molecule has 0 fully saturated rings. The van der Waals surface area contributed by atoms with Crippen molar-refractivity contribution in [3.63, 3.8) is 0 Å². The highest BCUT2D eigenvalue weighted by atomic mass is 15.1. The molecule has 0 aromatic heterocycles. The molecule has 1 heteroatoms. The van der Waals surface area contributed by atoms with Crippen molar-refractivity contribution in [3.8, 4) is 0 Å². The van der Waals surface area contributed by atoms with E-state index >= 15 is 0 Å². The lowest BCUT2D eigenvalue weighted by Crippen LogP contribution is -2.29. The van der Waals surface area contributed by atoms with Gasteiger partial charge in [0.1, 0.15) is 0 Å². The minimum absolute atomic E-state index is 0.838. The van der Waals surface area contributed by atoms with Gasteiger partial charge in [0.25, 0.3) is 0 Å². The smallest absolute Gasteiger partial charge is 0.0368 e. The Morgan fingerprint density at radius 3 is 2.50 bits per heavy atom. The van der Waals surface area contributed by atoms with Gasteiger partial charge in [-0.1, -0.05) is 45.2 Å². The topological polar surface area (TPSA) is 3.24 Å². The molecule has 1 aromatic carbocycles. The summed E-state index contributed by atoms with van der Waals surface area (Å²) in [6.07, 6.45) is 5.34. The molecule has 0 heterocycles. The van der Waals surface area contributed by atoms with Gasteiger partial charge in [-0.2, -0.15) is 0 Å². The van der Waals surface area contributed by atoms with Gasteiger partial charge >= 0.3 is 0 Å². The Labute approximate surface area is 113 Å². The molecule has 102 valence electrons. The third kappa shape index (κ3) is 4.72. The standard InChI is InChI=1S/C17H29N/c1-5-8-11-16(6-2)14-18(7-3)17-12-9-10-15(4)13-17/h9-10,12-13,16H,5-8,11,14H2,1-4H3. The molecule has 0 saturated heterocycles. The van der Waals surface area contributed by atoms with E-state index < -0.39 is 0 Å². The number of rotatable bonds is 8. The molecule has 0 aliphatic heterocycles. The van der Waals surface area contributed by atoms with Crippen LogP contribution in [0.1, 0.15) is 52.0 Å². The van der Waals surface area contributed by atoms with Gasteiger partial charge < -0.3 is 4.90 Å². The molecule has 1 atom stereocenters. The van der Waals surface area contributed by atoms with Gasteiger partial charge in [0.2, 0.25) is 0 Å². The molecule has 0 N–H and O–H groups in total. The SMILES string of the molecule is CCCCC(CC)CN(CC)c1cccc(C)c1. The van der Waals surface area contributed by atoms with E-state index in [-0.39, 0.29) is 0 Å². The van der Waals surface area contributed by atoms with Crippen molar-refractivity contribution in [2.75, 3.05) is 18.0 Å². The lowest BCUT2D eigenvalue weighted by atomic mass is 9.98. The summed E-state index contributed by atoms with van der Waals surface area (Å²) in [6.45, 7) is 11.3. The number of benzene rings is 1. The van der Waals surface area contributed by atoms with E-state index in [0.717, 1.165) is 12.5 Å². The predicted molar refractivity (Wildman–Crippen MR) is 82.4 cm³/mol. The normalized spacial score (nSPS) is 12.4. The summed E-state index contributed by atoms with van der Waals surface area (Å²) < 4.78 is 0. The average molecular weight is 247 g/mol. The first-order valence-corrected chi connectivity index (χ1v) is 7.52. The van der Waals surface area contributed by atoms with Crippen molar-refractivity contribution in [2.45, 2.75) is 53.4 Å². The van der Waals surface area contributed by atoms with Crippen LogP contribution >= 0.6 is 0 Å².